The number of nitrogens with two attached hydrogens (primary N) is 1. The van der Waals surface area contributed by atoms with Gasteiger partial charge in [-0.1, -0.05) is 11.2 Å². The van der Waals surface area contributed by atoms with Gasteiger partial charge < -0.3 is 4.52 Å². The molecule has 0 unspecified atom stereocenters. The smallest absolute Gasteiger partial charge is 0.350 e. The number of aromatic nitrogens is 1. The Bertz CT molecular complexity index is 1200. The predicted molar refractivity (Wildman–Crippen MR) is 99.1 cm³/mol. The van der Waals surface area contributed by atoms with Gasteiger partial charge in [-0.3, -0.25) is 0 Å². The van der Waals surface area contributed by atoms with Crippen LogP contribution in [0, 0.1) is 11.6 Å². The van der Waals surface area contributed by atoms with Crippen molar-refractivity contribution >= 4 is 41.9 Å². The van der Waals surface area contributed by atoms with Crippen molar-refractivity contribution in [2.24, 2.45) is 5.14 Å². The van der Waals surface area contributed by atoms with Crippen LogP contribution in [0.4, 0.5) is 22.0 Å². The predicted octanol–water partition coefficient (Wildman–Crippen LogP) is 5.48. The van der Waals surface area contributed by atoms with Crippen molar-refractivity contribution < 1.29 is 34.9 Å². The zero-order valence-corrected chi connectivity index (χ0v) is 17.7. The molecule has 1 heterocycles. The number of alkyl halides is 3. The molecule has 2 aromatic carbocycles. The minimum Gasteiger partial charge on any atom is -0.350 e. The van der Waals surface area contributed by atoms with Gasteiger partial charge in [0.2, 0.25) is 15.8 Å². The Hall–Kier alpha value is -1.83. The summed E-state index contributed by atoms with van der Waals surface area (Å²) in [7, 11) is -4.78. The van der Waals surface area contributed by atoms with Crippen molar-refractivity contribution in [3.8, 4) is 22.4 Å². The average molecular weight is 562 g/mol. The van der Waals surface area contributed by atoms with Crippen molar-refractivity contribution in [2.75, 3.05) is 0 Å². The lowest BCUT2D eigenvalue weighted by Gasteiger charge is -2.10. The summed E-state index contributed by atoms with van der Waals surface area (Å²) in [6.07, 6.45) is -5.04. The van der Waals surface area contributed by atoms with Gasteiger partial charge in [-0.2, -0.15) is 13.2 Å². The first-order chi connectivity index (χ1) is 13.3. The van der Waals surface area contributed by atoms with Crippen LogP contribution in [0.15, 0.2) is 48.7 Å². The van der Waals surface area contributed by atoms with E-state index < -0.39 is 49.6 Å². The molecule has 0 aliphatic carbocycles. The summed E-state index contributed by atoms with van der Waals surface area (Å²) in [6.45, 7) is 0. The van der Waals surface area contributed by atoms with Crippen LogP contribution in [0.3, 0.4) is 0 Å². The van der Waals surface area contributed by atoms with E-state index in [0.29, 0.717) is 21.1 Å². The van der Waals surface area contributed by atoms with E-state index in [1.165, 1.54) is 18.2 Å². The van der Waals surface area contributed by atoms with Crippen LogP contribution >= 0.6 is 31.9 Å². The molecule has 0 atom stereocenters. The molecule has 0 aliphatic heterocycles. The van der Waals surface area contributed by atoms with Gasteiger partial charge in [-0.25, -0.2) is 22.3 Å². The molecule has 29 heavy (non-hydrogen) atoms. The lowest BCUT2D eigenvalue weighted by atomic mass is 9.98. The molecule has 0 saturated heterocycles. The lowest BCUT2D eigenvalue weighted by molar-refractivity contribution is -0.154. The first-order valence-electron chi connectivity index (χ1n) is 7.35. The van der Waals surface area contributed by atoms with E-state index in [9.17, 15) is 30.4 Å². The van der Waals surface area contributed by atoms with Crippen molar-refractivity contribution in [3.63, 3.8) is 0 Å². The highest BCUT2D eigenvalue weighted by Crippen LogP contribution is 2.44. The molecule has 0 amide bonds. The Labute approximate surface area is 177 Å². The first-order valence-corrected chi connectivity index (χ1v) is 10.5. The maximum Gasteiger partial charge on any atom is 0.453 e. The van der Waals surface area contributed by atoms with Crippen LogP contribution in [-0.2, 0) is 16.2 Å². The summed E-state index contributed by atoms with van der Waals surface area (Å²) in [5, 5.41) is 8.16. The van der Waals surface area contributed by atoms with Crippen LogP contribution in [0.2, 0.25) is 0 Å². The third kappa shape index (κ3) is 4.22. The summed E-state index contributed by atoms with van der Waals surface area (Å²) in [5.74, 6) is -4.91. The third-order valence-electron chi connectivity index (χ3n) is 3.71. The number of sulfonamides is 1. The van der Waals surface area contributed by atoms with Crippen molar-refractivity contribution in [3.05, 3.63) is 56.7 Å². The van der Waals surface area contributed by atoms with Gasteiger partial charge in [0.15, 0.2) is 4.90 Å². The Kier molecular flexibility index (Phi) is 5.62. The second kappa shape index (κ2) is 7.45. The van der Waals surface area contributed by atoms with Crippen molar-refractivity contribution in [1.82, 2.24) is 5.16 Å². The molecular formula is C16H7Br2F5N2O3S. The van der Waals surface area contributed by atoms with E-state index in [-0.39, 0.29) is 11.3 Å². The molecule has 0 spiro atoms. The Balaban J connectivity index is 2.34. The fourth-order valence-electron chi connectivity index (χ4n) is 2.57. The fraction of sp³-hybridized carbons (Fsp3) is 0.0625. The maximum absolute atomic E-state index is 14.2. The summed E-state index contributed by atoms with van der Waals surface area (Å²) in [6, 6.07) is 5.17. The van der Waals surface area contributed by atoms with Gasteiger partial charge in [-0.15, -0.1) is 0 Å². The van der Waals surface area contributed by atoms with Gasteiger partial charge in [0.25, 0.3) is 0 Å². The van der Waals surface area contributed by atoms with E-state index in [1.807, 2.05) is 0 Å². The number of halogens is 7. The topological polar surface area (TPSA) is 86.2 Å². The van der Waals surface area contributed by atoms with Crippen LogP contribution in [0.1, 0.15) is 5.76 Å². The highest BCUT2D eigenvalue weighted by Gasteiger charge is 2.41. The second-order valence-corrected chi connectivity index (χ2v) is 8.88. The number of primary sulfonamides is 1. The number of benzene rings is 2. The SMILES string of the molecule is NS(=O)(=O)c1c(F)cc(-c2c(-c3ccc(Br)c(Br)c3)noc2C(F)(F)F)cc1F. The van der Waals surface area contributed by atoms with Crippen molar-refractivity contribution in [1.29, 1.82) is 0 Å². The van der Waals surface area contributed by atoms with Crippen molar-refractivity contribution in [2.45, 2.75) is 11.1 Å². The molecule has 3 rings (SSSR count). The molecule has 154 valence electrons. The fourth-order valence-corrected chi connectivity index (χ4v) is 3.85. The molecule has 3 aromatic rings. The molecule has 2 N–H and O–H groups in total. The van der Waals surface area contributed by atoms with E-state index in [0.717, 1.165) is 0 Å². The molecule has 0 bridgehead atoms. The summed E-state index contributed by atoms with van der Waals surface area (Å²) in [5.41, 5.74) is -1.60. The zero-order chi connectivity index (χ0) is 21.7. The van der Waals surface area contributed by atoms with Gasteiger partial charge in [0, 0.05) is 14.5 Å². The Morgan fingerprint density at radius 2 is 1.55 bits per heavy atom. The highest BCUT2D eigenvalue weighted by atomic mass is 79.9. The largest absolute Gasteiger partial charge is 0.453 e. The number of nitrogens with zero attached hydrogens (tertiary/aromatic N) is 1. The van der Waals surface area contributed by atoms with E-state index in [1.54, 1.807) is 0 Å². The summed E-state index contributed by atoms with van der Waals surface area (Å²) in [4.78, 5) is -1.46. The molecule has 5 nitrogen and oxygen atoms in total. The quantitative estimate of drug-likeness (QED) is 0.429. The van der Waals surface area contributed by atoms with Crippen LogP contribution < -0.4 is 5.14 Å². The summed E-state index contributed by atoms with van der Waals surface area (Å²) < 4.78 is 96.9. The number of hydrogen-bond acceptors (Lipinski definition) is 4. The summed E-state index contributed by atoms with van der Waals surface area (Å²) >= 11 is 6.41. The number of hydrogen-bond donors (Lipinski definition) is 1. The second-order valence-electron chi connectivity index (χ2n) is 5.68. The average Bonchev–Trinajstić information content (AvgIpc) is 3.00. The Morgan fingerprint density at radius 1 is 0.966 bits per heavy atom. The molecule has 1 aromatic heterocycles. The highest BCUT2D eigenvalue weighted by molar-refractivity contribution is 9.13. The molecular weight excluding hydrogens is 555 g/mol. The monoisotopic (exact) mass is 560 g/mol. The molecule has 0 radical (unpaired) electrons. The number of rotatable bonds is 3. The van der Waals surface area contributed by atoms with Gasteiger partial charge >= 0.3 is 6.18 Å². The van der Waals surface area contributed by atoms with Gasteiger partial charge in [0.05, 0.1) is 5.56 Å². The van der Waals surface area contributed by atoms with E-state index in [2.05, 4.69) is 41.5 Å². The van der Waals surface area contributed by atoms with Crippen LogP contribution in [0.25, 0.3) is 22.4 Å². The zero-order valence-electron chi connectivity index (χ0n) is 13.7. The van der Waals surface area contributed by atoms with Crippen LogP contribution in [0.5, 0.6) is 0 Å². The third-order valence-corrected chi connectivity index (χ3v) is 6.55. The van der Waals surface area contributed by atoms with Crippen LogP contribution in [-0.4, -0.2) is 13.6 Å². The lowest BCUT2D eigenvalue weighted by Crippen LogP contribution is -2.16. The Morgan fingerprint density at radius 3 is 2.03 bits per heavy atom. The normalized spacial score (nSPS) is 12.4. The molecule has 0 saturated carbocycles. The molecule has 0 fully saturated rings. The van der Waals surface area contributed by atoms with Gasteiger partial charge in [-0.05, 0) is 61.7 Å². The molecule has 0 aliphatic rings. The van der Waals surface area contributed by atoms with E-state index in [4.69, 9.17) is 5.14 Å². The van der Waals surface area contributed by atoms with Gasteiger partial charge in [0.1, 0.15) is 17.3 Å². The standard InChI is InChI=1S/C16H7Br2F5N2O3S/c17-8-2-1-6(3-9(8)18)13-12(15(28-25-13)16(21,22)23)7-4-10(19)14(11(20)5-7)29(24,26)27/h1-5H,(H2,24,26,27). The minimum atomic E-state index is -5.04. The first kappa shape index (κ1) is 21.9. The minimum absolute atomic E-state index is 0.144. The maximum atomic E-state index is 14.2. The molecule has 13 heteroatoms. The van der Waals surface area contributed by atoms with E-state index >= 15 is 0 Å².